The van der Waals surface area contributed by atoms with Gasteiger partial charge in [-0.15, -0.1) is 0 Å². The van der Waals surface area contributed by atoms with Gasteiger partial charge in [0, 0.05) is 11.8 Å². The lowest BCUT2D eigenvalue weighted by molar-refractivity contribution is -0.114. The van der Waals surface area contributed by atoms with Crippen LogP contribution in [0.3, 0.4) is 0 Å². The molecular weight excluding hydrogens is 288 g/mol. The van der Waals surface area contributed by atoms with Crippen LogP contribution in [-0.2, 0) is 4.79 Å². The number of benzene rings is 2. The number of anilines is 2. The topological polar surface area (TPSA) is 50.4 Å². The molecule has 0 heterocycles. The second-order valence-corrected chi connectivity index (χ2v) is 5.02. The number of aryl methyl sites for hydroxylation is 1. The molecule has 110 valence electrons. The van der Waals surface area contributed by atoms with Crippen molar-refractivity contribution in [2.45, 2.75) is 6.92 Å². The third kappa shape index (κ3) is 4.39. The smallest absolute Gasteiger partial charge is 0.243 e. The lowest BCUT2D eigenvalue weighted by Gasteiger charge is -2.10. The summed E-state index contributed by atoms with van der Waals surface area (Å²) in [6.07, 6.45) is 0. The molecular formula is C16H17ClN2O2. The highest BCUT2D eigenvalue weighted by molar-refractivity contribution is 6.33. The quantitative estimate of drug-likeness (QED) is 0.885. The molecule has 0 spiro atoms. The average Bonchev–Trinajstić information content (AvgIpc) is 2.49. The summed E-state index contributed by atoms with van der Waals surface area (Å²) in [6.45, 7) is 2.12. The van der Waals surface area contributed by atoms with E-state index in [1.807, 2.05) is 31.2 Å². The van der Waals surface area contributed by atoms with Crippen molar-refractivity contribution >= 4 is 28.9 Å². The standard InChI is InChI=1S/C16H17ClN2O2/c1-11-3-5-12(6-4-11)19-16(20)10-18-15-9-13(21-2)7-8-14(15)17/h3-9,18H,10H2,1-2H3,(H,19,20). The fraction of sp³-hybridized carbons (Fsp3) is 0.188. The minimum absolute atomic E-state index is 0.126. The molecule has 4 nitrogen and oxygen atoms in total. The largest absolute Gasteiger partial charge is 0.497 e. The molecule has 5 heteroatoms. The molecule has 0 saturated heterocycles. The highest BCUT2D eigenvalue weighted by Crippen LogP contribution is 2.26. The van der Waals surface area contributed by atoms with E-state index in [2.05, 4.69) is 10.6 Å². The number of carbonyl (C=O) groups excluding carboxylic acids is 1. The van der Waals surface area contributed by atoms with Crippen LogP contribution >= 0.6 is 11.6 Å². The van der Waals surface area contributed by atoms with Gasteiger partial charge in [0.05, 0.1) is 24.4 Å². The van der Waals surface area contributed by atoms with Gasteiger partial charge in [0.15, 0.2) is 0 Å². The number of carbonyl (C=O) groups is 1. The van der Waals surface area contributed by atoms with Gasteiger partial charge >= 0.3 is 0 Å². The highest BCUT2D eigenvalue weighted by atomic mass is 35.5. The average molecular weight is 305 g/mol. The number of ether oxygens (including phenoxy) is 1. The molecule has 0 radical (unpaired) electrons. The van der Waals surface area contributed by atoms with Crippen LogP contribution in [0.1, 0.15) is 5.56 Å². The first-order valence-electron chi connectivity index (χ1n) is 6.52. The Morgan fingerprint density at radius 3 is 2.57 bits per heavy atom. The Hall–Kier alpha value is -2.20. The van der Waals surface area contributed by atoms with Crippen LogP contribution in [0.2, 0.25) is 5.02 Å². The number of nitrogens with one attached hydrogen (secondary N) is 2. The summed E-state index contributed by atoms with van der Waals surface area (Å²) in [6, 6.07) is 12.9. The Labute approximate surface area is 129 Å². The summed E-state index contributed by atoms with van der Waals surface area (Å²) in [4.78, 5) is 11.9. The number of amides is 1. The fourth-order valence-electron chi connectivity index (χ4n) is 1.78. The van der Waals surface area contributed by atoms with Crippen LogP contribution in [0.15, 0.2) is 42.5 Å². The molecule has 0 aliphatic carbocycles. The van der Waals surface area contributed by atoms with Crippen molar-refractivity contribution in [1.82, 2.24) is 0 Å². The van der Waals surface area contributed by atoms with Crippen molar-refractivity contribution in [3.8, 4) is 5.75 Å². The van der Waals surface area contributed by atoms with E-state index < -0.39 is 0 Å². The van der Waals surface area contributed by atoms with Crippen LogP contribution in [-0.4, -0.2) is 19.6 Å². The molecule has 2 aromatic rings. The molecule has 2 aromatic carbocycles. The summed E-state index contributed by atoms with van der Waals surface area (Å²) in [5, 5.41) is 6.35. The first-order valence-corrected chi connectivity index (χ1v) is 6.90. The van der Waals surface area contributed by atoms with E-state index in [9.17, 15) is 4.79 Å². The maximum absolute atomic E-state index is 11.9. The Kier molecular flexibility index (Phi) is 5.06. The molecule has 2 N–H and O–H groups in total. The predicted octanol–water partition coefficient (Wildman–Crippen LogP) is 3.71. The Morgan fingerprint density at radius 1 is 1.19 bits per heavy atom. The molecule has 0 bridgehead atoms. The third-order valence-electron chi connectivity index (χ3n) is 2.95. The van der Waals surface area contributed by atoms with Gasteiger partial charge in [-0.25, -0.2) is 0 Å². The van der Waals surface area contributed by atoms with Crippen molar-refractivity contribution < 1.29 is 9.53 Å². The third-order valence-corrected chi connectivity index (χ3v) is 3.28. The van der Waals surface area contributed by atoms with Gasteiger partial charge in [-0.2, -0.15) is 0 Å². The molecule has 0 aromatic heterocycles. The van der Waals surface area contributed by atoms with E-state index >= 15 is 0 Å². The molecule has 1 amide bonds. The Morgan fingerprint density at radius 2 is 1.90 bits per heavy atom. The summed E-state index contributed by atoms with van der Waals surface area (Å²) >= 11 is 6.06. The van der Waals surface area contributed by atoms with Crippen molar-refractivity contribution in [1.29, 1.82) is 0 Å². The first-order chi connectivity index (χ1) is 10.1. The fourth-order valence-corrected chi connectivity index (χ4v) is 1.97. The van der Waals surface area contributed by atoms with Gasteiger partial charge in [-0.05, 0) is 31.2 Å². The maximum Gasteiger partial charge on any atom is 0.243 e. The summed E-state index contributed by atoms with van der Waals surface area (Å²) in [5.74, 6) is 0.540. The zero-order valence-electron chi connectivity index (χ0n) is 11.9. The monoisotopic (exact) mass is 304 g/mol. The SMILES string of the molecule is COc1ccc(Cl)c(NCC(=O)Nc2ccc(C)cc2)c1. The van der Waals surface area contributed by atoms with Gasteiger partial charge in [-0.3, -0.25) is 4.79 Å². The molecule has 0 fully saturated rings. The van der Waals surface area contributed by atoms with Crippen LogP contribution in [0.25, 0.3) is 0 Å². The van der Waals surface area contributed by atoms with Crippen LogP contribution < -0.4 is 15.4 Å². The second kappa shape index (κ2) is 6.99. The second-order valence-electron chi connectivity index (χ2n) is 4.61. The molecule has 0 atom stereocenters. The van der Waals surface area contributed by atoms with Crippen molar-refractivity contribution in [3.63, 3.8) is 0 Å². The van der Waals surface area contributed by atoms with Gasteiger partial charge in [0.1, 0.15) is 5.75 Å². The lowest BCUT2D eigenvalue weighted by atomic mass is 10.2. The first kappa shape index (κ1) is 15.2. The minimum Gasteiger partial charge on any atom is -0.497 e. The number of rotatable bonds is 5. The minimum atomic E-state index is -0.141. The summed E-state index contributed by atoms with van der Waals surface area (Å²) in [5.41, 5.74) is 2.58. The van der Waals surface area contributed by atoms with Crippen molar-refractivity contribution in [2.24, 2.45) is 0 Å². The molecule has 0 aliphatic rings. The van der Waals surface area contributed by atoms with Crippen LogP contribution in [0.4, 0.5) is 11.4 Å². The van der Waals surface area contributed by atoms with E-state index in [1.165, 1.54) is 0 Å². The van der Waals surface area contributed by atoms with E-state index in [-0.39, 0.29) is 12.5 Å². The van der Waals surface area contributed by atoms with Crippen LogP contribution in [0.5, 0.6) is 5.75 Å². The Balaban J connectivity index is 1.93. The van der Waals surface area contributed by atoms with E-state index in [0.717, 1.165) is 11.3 Å². The van der Waals surface area contributed by atoms with Crippen molar-refractivity contribution in [3.05, 3.63) is 53.1 Å². The molecule has 2 rings (SSSR count). The van der Waals surface area contributed by atoms with Crippen LogP contribution in [0, 0.1) is 6.92 Å². The van der Waals surface area contributed by atoms with Gasteiger partial charge in [0.25, 0.3) is 0 Å². The molecule has 0 aliphatic heterocycles. The highest BCUT2D eigenvalue weighted by Gasteiger charge is 2.06. The molecule has 0 unspecified atom stereocenters. The van der Waals surface area contributed by atoms with Gasteiger partial charge < -0.3 is 15.4 Å². The zero-order valence-corrected chi connectivity index (χ0v) is 12.7. The van der Waals surface area contributed by atoms with E-state index in [1.54, 1.807) is 25.3 Å². The number of halogens is 1. The number of hydrogen-bond acceptors (Lipinski definition) is 3. The summed E-state index contributed by atoms with van der Waals surface area (Å²) < 4.78 is 5.12. The van der Waals surface area contributed by atoms with E-state index in [4.69, 9.17) is 16.3 Å². The van der Waals surface area contributed by atoms with Crippen molar-refractivity contribution in [2.75, 3.05) is 24.3 Å². The van der Waals surface area contributed by atoms with Gasteiger partial charge in [-0.1, -0.05) is 29.3 Å². The number of methoxy groups -OCH3 is 1. The van der Waals surface area contributed by atoms with E-state index in [0.29, 0.717) is 16.5 Å². The zero-order chi connectivity index (χ0) is 15.2. The molecule has 0 saturated carbocycles. The lowest BCUT2D eigenvalue weighted by Crippen LogP contribution is -2.21. The Bertz CT molecular complexity index is 627. The van der Waals surface area contributed by atoms with Gasteiger partial charge in [0.2, 0.25) is 5.91 Å². The summed E-state index contributed by atoms with van der Waals surface area (Å²) in [7, 11) is 1.58. The number of hydrogen-bond donors (Lipinski definition) is 2. The predicted molar refractivity (Wildman–Crippen MR) is 86.3 cm³/mol. The maximum atomic E-state index is 11.9. The molecule has 21 heavy (non-hydrogen) atoms. The normalized spacial score (nSPS) is 10.0.